The highest BCUT2D eigenvalue weighted by Gasteiger charge is 2.12. The third-order valence-electron chi connectivity index (χ3n) is 4.17. The fraction of sp³-hybridized carbons (Fsp3) is 0.316. The molecule has 1 amide bonds. The molecule has 0 saturated carbocycles. The normalized spacial score (nSPS) is 14.4. The molecule has 4 nitrogen and oxygen atoms in total. The number of benzene rings is 2. The number of amides is 1. The predicted octanol–water partition coefficient (Wildman–Crippen LogP) is 4.53. The van der Waals surface area contributed by atoms with Crippen molar-refractivity contribution in [2.24, 2.45) is 0 Å². The first kappa shape index (κ1) is 17.2. The van der Waals surface area contributed by atoms with Gasteiger partial charge < -0.3 is 15.0 Å². The molecule has 0 spiro atoms. The number of piperidine rings is 1. The zero-order valence-corrected chi connectivity index (χ0v) is 13.8. The minimum absolute atomic E-state index is 0.0388. The molecule has 25 heavy (non-hydrogen) atoms. The lowest BCUT2D eigenvalue weighted by molar-refractivity contribution is -0.0498. The minimum Gasteiger partial charge on any atom is -0.435 e. The summed E-state index contributed by atoms with van der Waals surface area (Å²) in [6.45, 7) is -0.800. The average Bonchev–Trinajstić information content (AvgIpc) is 2.63. The number of halogens is 2. The van der Waals surface area contributed by atoms with Crippen LogP contribution >= 0.6 is 0 Å². The number of carbonyl (C=O) groups excluding carboxylic acids is 1. The van der Waals surface area contributed by atoms with Crippen molar-refractivity contribution in [2.75, 3.05) is 23.3 Å². The molecule has 6 heteroatoms. The van der Waals surface area contributed by atoms with Crippen molar-refractivity contribution < 1.29 is 18.3 Å². The van der Waals surface area contributed by atoms with Crippen LogP contribution in [0.5, 0.6) is 5.75 Å². The van der Waals surface area contributed by atoms with E-state index in [9.17, 15) is 13.6 Å². The first-order chi connectivity index (χ1) is 12.1. The standard InChI is InChI=1S/C19H20F2N2O2/c20-19(21)25-17-6-4-5-14(13-17)18(24)22-15-7-9-16(10-8-15)23-11-2-1-3-12-23/h4-10,13,19H,1-3,11-12H2,(H,22,24). The summed E-state index contributed by atoms with van der Waals surface area (Å²) < 4.78 is 28.8. The summed E-state index contributed by atoms with van der Waals surface area (Å²) in [5.74, 6) is -0.409. The molecule has 2 aromatic rings. The minimum atomic E-state index is -2.92. The van der Waals surface area contributed by atoms with Gasteiger partial charge in [-0.05, 0) is 61.7 Å². The number of alkyl halides is 2. The summed E-state index contributed by atoms with van der Waals surface area (Å²) >= 11 is 0. The summed E-state index contributed by atoms with van der Waals surface area (Å²) in [4.78, 5) is 14.6. The summed E-state index contributed by atoms with van der Waals surface area (Å²) in [5, 5.41) is 2.77. The molecule has 1 fully saturated rings. The highest BCUT2D eigenvalue weighted by molar-refractivity contribution is 6.04. The van der Waals surface area contributed by atoms with Crippen LogP contribution in [-0.2, 0) is 0 Å². The van der Waals surface area contributed by atoms with Crippen molar-refractivity contribution in [1.29, 1.82) is 0 Å². The smallest absolute Gasteiger partial charge is 0.387 e. The molecule has 0 radical (unpaired) electrons. The molecule has 1 N–H and O–H groups in total. The second-order valence-electron chi connectivity index (χ2n) is 5.96. The largest absolute Gasteiger partial charge is 0.435 e. The first-order valence-electron chi connectivity index (χ1n) is 8.33. The SMILES string of the molecule is O=C(Nc1ccc(N2CCCCC2)cc1)c1cccc(OC(F)F)c1. The van der Waals surface area contributed by atoms with Gasteiger partial charge in [0.1, 0.15) is 5.75 Å². The van der Waals surface area contributed by atoms with Crippen LogP contribution in [0.3, 0.4) is 0 Å². The maximum absolute atomic E-state index is 12.3. The number of ether oxygens (including phenoxy) is 1. The summed E-state index contributed by atoms with van der Waals surface area (Å²) in [7, 11) is 0. The van der Waals surface area contributed by atoms with Crippen molar-refractivity contribution in [1.82, 2.24) is 0 Å². The van der Waals surface area contributed by atoms with Gasteiger partial charge in [-0.25, -0.2) is 0 Å². The number of rotatable bonds is 5. The monoisotopic (exact) mass is 346 g/mol. The number of carbonyl (C=O) groups is 1. The van der Waals surface area contributed by atoms with Gasteiger partial charge >= 0.3 is 6.61 Å². The van der Waals surface area contributed by atoms with Gasteiger partial charge in [0.15, 0.2) is 0 Å². The van der Waals surface area contributed by atoms with E-state index >= 15 is 0 Å². The van der Waals surface area contributed by atoms with Crippen LogP contribution in [0.25, 0.3) is 0 Å². The number of anilines is 2. The molecule has 0 bridgehead atoms. The Morgan fingerprint density at radius 2 is 1.76 bits per heavy atom. The molecular formula is C19H20F2N2O2. The van der Waals surface area contributed by atoms with E-state index in [0.29, 0.717) is 5.69 Å². The van der Waals surface area contributed by atoms with Gasteiger partial charge in [0.2, 0.25) is 0 Å². The van der Waals surface area contributed by atoms with Crippen molar-refractivity contribution >= 4 is 17.3 Å². The molecule has 132 valence electrons. The fourth-order valence-electron chi connectivity index (χ4n) is 2.92. The third-order valence-corrected chi connectivity index (χ3v) is 4.17. The van der Waals surface area contributed by atoms with E-state index in [0.717, 1.165) is 18.8 Å². The molecule has 0 aromatic heterocycles. The maximum Gasteiger partial charge on any atom is 0.387 e. The number of nitrogens with one attached hydrogen (secondary N) is 1. The molecule has 0 aliphatic carbocycles. The molecule has 1 saturated heterocycles. The summed E-state index contributed by atoms with van der Waals surface area (Å²) in [5.41, 5.74) is 2.06. The Morgan fingerprint density at radius 3 is 2.44 bits per heavy atom. The van der Waals surface area contributed by atoms with Crippen molar-refractivity contribution in [3.05, 3.63) is 54.1 Å². The Balaban J connectivity index is 1.64. The number of hydrogen-bond donors (Lipinski definition) is 1. The Hall–Kier alpha value is -2.63. The highest BCUT2D eigenvalue weighted by atomic mass is 19.3. The van der Waals surface area contributed by atoms with Crippen LogP contribution in [0.2, 0.25) is 0 Å². The fourth-order valence-corrected chi connectivity index (χ4v) is 2.92. The third kappa shape index (κ3) is 4.68. The lowest BCUT2D eigenvalue weighted by Gasteiger charge is -2.28. The van der Waals surface area contributed by atoms with E-state index in [1.54, 1.807) is 6.07 Å². The molecule has 1 aliphatic rings. The number of hydrogen-bond acceptors (Lipinski definition) is 3. The van der Waals surface area contributed by atoms with Crippen molar-refractivity contribution in [3.63, 3.8) is 0 Å². The summed E-state index contributed by atoms with van der Waals surface area (Å²) in [6.07, 6.45) is 3.68. The summed E-state index contributed by atoms with van der Waals surface area (Å²) in [6, 6.07) is 13.4. The van der Waals surface area contributed by atoms with Crippen LogP contribution in [0.4, 0.5) is 20.2 Å². The topological polar surface area (TPSA) is 41.6 Å². The van der Waals surface area contributed by atoms with Crippen molar-refractivity contribution in [3.8, 4) is 5.75 Å². The molecular weight excluding hydrogens is 326 g/mol. The molecule has 1 aliphatic heterocycles. The highest BCUT2D eigenvalue weighted by Crippen LogP contribution is 2.22. The van der Waals surface area contributed by atoms with Crippen LogP contribution in [0.1, 0.15) is 29.6 Å². The van der Waals surface area contributed by atoms with Gasteiger partial charge in [-0.3, -0.25) is 4.79 Å². The lowest BCUT2D eigenvalue weighted by atomic mass is 10.1. The van der Waals surface area contributed by atoms with Gasteiger partial charge in [0, 0.05) is 30.0 Å². The Morgan fingerprint density at radius 1 is 1.04 bits per heavy atom. The Labute approximate surface area is 145 Å². The predicted molar refractivity (Wildman–Crippen MR) is 93.5 cm³/mol. The van der Waals surface area contributed by atoms with Gasteiger partial charge in [0.05, 0.1) is 0 Å². The average molecular weight is 346 g/mol. The van der Waals surface area contributed by atoms with Gasteiger partial charge in [0.25, 0.3) is 5.91 Å². The number of nitrogens with zero attached hydrogens (tertiary/aromatic N) is 1. The Kier molecular flexibility index (Phi) is 5.48. The van der Waals surface area contributed by atoms with Gasteiger partial charge in [-0.2, -0.15) is 8.78 Å². The maximum atomic E-state index is 12.3. The van der Waals surface area contributed by atoms with Crippen LogP contribution in [0, 0.1) is 0 Å². The zero-order valence-electron chi connectivity index (χ0n) is 13.8. The Bertz CT molecular complexity index is 714. The molecule has 3 rings (SSSR count). The van der Waals surface area contributed by atoms with Gasteiger partial charge in [-0.1, -0.05) is 6.07 Å². The zero-order chi connectivity index (χ0) is 17.6. The van der Waals surface area contributed by atoms with Crippen LogP contribution in [-0.4, -0.2) is 25.6 Å². The van der Waals surface area contributed by atoms with E-state index in [2.05, 4.69) is 15.0 Å². The van der Waals surface area contributed by atoms with E-state index in [-0.39, 0.29) is 17.2 Å². The quantitative estimate of drug-likeness (QED) is 0.865. The van der Waals surface area contributed by atoms with E-state index in [1.165, 1.54) is 37.5 Å². The molecule has 0 unspecified atom stereocenters. The molecule has 2 aromatic carbocycles. The second-order valence-corrected chi connectivity index (χ2v) is 5.96. The van der Waals surface area contributed by atoms with E-state index in [1.807, 2.05) is 24.3 Å². The van der Waals surface area contributed by atoms with Gasteiger partial charge in [-0.15, -0.1) is 0 Å². The molecule has 1 heterocycles. The first-order valence-corrected chi connectivity index (χ1v) is 8.33. The van der Waals surface area contributed by atoms with E-state index in [4.69, 9.17) is 0 Å². The van der Waals surface area contributed by atoms with Crippen molar-refractivity contribution in [2.45, 2.75) is 25.9 Å². The van der Waals surface area contributed by atoms with E-state index < -0.39 is 6.61 Å². The van der Waals surface area contributed by atoms with Crippen LogP contribution in [0.15, 0.2) is 48.5 Å². The molecule has 0 atom stereocenters. The van der Waals surface area contributed by atoms with Crippen LogP contribution < -0.4 is 15.0 Å². The second kappa shape index (κ2) is 7.96. The lowest BCUT2D eigenvalue weighted by Crippen LogP contribution is -2.29.